The summed E-state index contributed by atoms with van der Waals surface area (Å²) in [5, 5.41) is 2.50. The second kappa shape index (κ2) is 6.99. The monoisotopic (exact) mass is 429 g/mol. The molecule has 1 atom stereocenters. The topological polar surface area (TPSA) is 86.1 Å². The third kappa shape index (κ3) is 2.97. The largest absolute Gasteiger partial charge is 0.477 e. The van der Waals surface area contributed by atoms with E-state index in [0.717, 1.165) is 22.1 Å². The van der Waals surface area contributed by atoms with Crippen molar-refractivity contribution < 1.29 is 27.1 Å². The molecule has 1 aromatic heterocycles. The average molecular weight is 429 g/mol. The Labute approximate surface area is 174 Å². The number of benzene rings is 2. The van der Waals surface area contributed by atoms with E-state index in [0.29, 0.717) is 42.0 Å². The lowest BCUT2D eigenvalue weighted by Gasteiger charge is -2.34. The SMILES string of the molecule is CCOC(=O)c1c(C)oc2c1c1c(c3ccccc32)OCN([C@H]2CCS(=O)(=O)C2)C1. The maximum Gasteiger partial charge on any atom is 0.342 e. The normalized spacial score (nSPS) is 20.9. The van der Waals surface area contributed by atoms with Gasteiger partial charge in [0, 0.05) is 34.3 Å². The molecule has 1 saturated heterocycles. The second-order valence-corrected chi connectivity index (χ2v) is 10.1. The van der Waals surface area contributed by atoms with Gasteiger partial charge in [0.15, 0.2) is 9.84 Å². The van der Waals surface area contributed by atoms with Gasteiger partial charge in [0.05, 0.1) is 18.1 Å². The molecule has 158 valence electrons. The molecule has 0 unspecified atom stereocenters. The van der Waals surface area contributed by atoms with Gasteiger partial charge in [-0.05, 0) is 20.3 Å². The van der Waals surface area contributed by atoms with Crippen LogP contribution in [0.4, 0.5) is 0 Å². The molecule has 0 radical (unpaired) electrons. The first-order chi connectivity index (χ1) is 14.4. The Morgan fingerprint density at radius 1 is 1.27 bits per heavy atom. The number of rotatable bonds is 3. The molecule has 2 aromatic carbocycles. The van der Waals surface area contributed by atoms with Crippen molar-refractivity contribution in [2.24, 2.45) is 0 Å². The zero-order chi connectivity index (χ0) is 21.0. The highest BCUT2D eigenvalue weighted by molar-refractivity contribution is 7.91. The van der Waals surface area contributed by atoms with Crippen LogP contribution in [0.25, 0.3) is 21.7 Å². The summed E-state index contributed by atoms with van der Waals surface area (Å²) in [4.78, 5) is 14.8. The number of sulfone groups is 1. The number of nitrogens with zero attached hydrogens (tertiary/aromatic N) is 1. The van der Waals surface area contributed by atoms with Crippen LogP contribution < -0.4 is 4.74 Å². The molecule has 0 amide bonds. The second-order valence-electron chi connectivity index (χ2n) is 7.89. The van der Waals surface area contributed by atoms with E-state index >= 15 is 0 Å². The number of ether oxygens (including phenoxy) is 2. The van der Waals surface area contributed by atoms with Gasteiger partial charge in [-0.15, -0.1) is 0 Å². The molecule has 30 heavy (non-hydrogen) atoms. The van der Waals surface area contributed by atoms with Gasteiger partial charge in [0.25, 0.3) is 0 Å². The van der Waals surface area contributed by atoms with Crippen LogP contribution in [-0.4, -0.2) is 50.2 Å². The van der Waals surface area contributed by atoms with Gasteiger partial charge in [0.2, 0.25) is 0 Å². The van der Waals surface area contributed by atoms with Crippen molar-refractivity contribution >= 4 is 37.5 Å². The summed E-state index contributed by atoms with van der Waals surface area (Å²) in [5.41, 5.74) is 1.90. The predicted octanol–water partition coefficient (Wildman–Crippen LogP) is 3.41. The van der Waals surface area contributed by atoms with Crippen LogP contribution in [0.1, 0.15) is 35.0 Å². The average Bonchev–Trinajstić information content (AvgIpc) is 3.27. The van der Waals surface area contributed by atoms with Crippen LogP contribution in [-0.2, 0) is 21.1 Å². The number of esters is 1. The molecule has 0 N–H and O–H groups in total. The van der Waals surface area contributed by atoms with E-state index in [9.17, 15) is 13.2 Å². The van der Waals surface area contributed by atoms with Crippen molar-refractivity contribution in [1.29, 1.82) is 0 Å². The van der Waals surface area contributed by atoms with E-state index in [2.05, 4.69) is 0 Å². The lowest BCUT2D eigenvalue weighted by molar-refractivity contribution is 0.0525. The van der Waals surface area contributed by atoms with E-state index in [4.69, 9.17) is 13.9 Å². The molecule has 0 aliphatic carbocycles. The summed E-state index contributed by atoms with van der Waals surface area (Å²) in [6.07, 6.45) is 0.590. The minimum Gasteiger partial charge on any atom is -0.477 e. The molecule has 1 fully saturated rings. The van der Waals surface area contributed by atoms with E-state index in [1.54, 1.807) is 13.8 Å². The van der Waals surface area contributed by atoms with Gasteiger partial charge < -0.3 is 13.9 Å². The summed E-state index contributed by atoms with van der Waals surface area (Å²) in [6.45, 7) is 4.60. The van der Waals surface area contributed by atoms with E-state index in [1.165, 1.54) is 0 Å². The fourth-order valence-electron chi connectivity index (χ4n) is 4.64. The lowest BCUT2D eigenvalue weighted by atomic mass is 9.96. The number of furan rings is 1. The Morgan fingerprint density at radius 3 is 2.73 bits per heavy atom. The highest BCUT2D eigenvalue weighted by atomic mass is 32.2. The van der Waals surface area contributed by atoms with Crippen molar-refractivity contribution in [3.05, 3.63) is 41.2 Å². The molecule has 0 saturated carbocycles. The molecular formula is C22H23NO6S. The minimum absolute atomic E-state index is 0.0938. The van der Waals surface area contributed by atoms with E-state index in [-0.39, 0.29) is 24.2 Å². The molecule has 7 nitrogen and oxygen atoms in total. The highest BCUT2D eigenvalue weighted by Crippen LogP contribution is 2.44. The predicted molar refractivity (Wildman–Crippen MR) is 113 cm³/mol. The smallest absolute Gasteiger partial charge is 0.342 e. The standard InChI is InChI=1S/C22H23NO6S/c1-3-27-22(24)18-13(2)29-21-16-7-5-4-6-15(16)20-17(19(18)21)10-23(12-28-20)14-8-9-30(25,26)11-14/h4-7,14H,3,8-12H2,1-2H3/t14-/m0/s1. The van der Waals surface area contributed by atoms with Gasteiger partial charge in [-0.25, -0.2) is 13.2 Å². The Kier molecular flexibility index (Phi) is 4.52. The van der Waals surface area contributed by atoms with Crippen LogP contribution in [0.3, 0.4) is 0 Å². The maximum atomic E-state index is 12.8. The number of hydrogen-bond donors (Lipinski definition) is 0. The molecule has 2 aliphatic rings. The van der Waals surface area contributed by atoms with Crippen LogP contribution in [0.5, 0.6) is 5.75 Å². The summed E-state index contributed by atoms with van der Waals surface area (Å²) < 4.78 is 41.5. The third-order valence-corrected chi connectivity index (χ3v) is 7.77. The third-order valence-electron chi connectivity index (χ3n) is 6.02. The van der Waals surface area contributed by atoms with Crippen molar-refractivity contribution in [3.63, 3.8) is 0 Å². The molecule has 2 aliphatic heterocycles. The maximum absolute atomic E-state index is 12.8. The van der Waals surface area contributed by atoms with Gasteiger partial charge in [0.1, 0.15) is 29.4 Å². The quantitative estimate of drug-likeness (QED) is 0.590. The zero-order valence-corrected chi connectivity index (χ0v) is 17.8. The van der Waals surface area contributed by atoms with Crippen molar-refractivity contribution in [1.82, 2.24) is 4.90 Å². The molecule has 3 aromatic rings. The summed E-state index contributed by atoms with van der Waals surface area (Å²) in [7, 11) is -3.01. The van der Waals surface area contributed by atoms with Crippen molar-refractivity contribution in [2.75, 3.05) is 24.8 Å². The van der Waals surface area contributed by atoms with E-state index in [1.807, 2.05) is 29.2 Å². The fraction of sp³-hybridized carbons (Fsp3) is 0.409. The number of hydrogen-bond acceptors (Lipinski definition) is 7. The van der Waals surface area contributed by atoms with Gasteiger partial charge >= 0.3 is 5.97 Å². The lowest BCUT2D eigenvalue weighted by Crippen LogP contribution is -2.41. The number of carbonyl (C=O) groups is 1. The summed E-state index contributed by atoms with van der Waals surface area (Å²) in [5.74, 6) is 1.14. The van der Waals surface area contributed by atoms with Crippen LogP contribution in [0.15, 0.2) is 28.7 Å². The minimum atomic E-state index is -3.01. The Hall–Kier alpha value is -2.58. The first-order valence-corrected chi connectivity index (χ1v) is 11.9. The number of fused-ring (bicyclic) bond motifs is 6. The van der Waals surface area contributed by atoms with Gasteiger partial charge in [-0.1, -0.05) is 24.3 Å². The molecule has 3 heterocycles. The van der Waals surface area contributed by atoms with Crippen LogP contribution in [0.2, 0.25) is 0 Å². The Morgan fingerprint density at radius 2 is 2.03 bits per heavy atom. The Balaban J connectivity index is 1.72. The molecule has 0 bridgehead atoms. The zero-order valence-electron chi connectivity index (χ0n) is 16.9. The molecule has 0 spiro atoms. The molecule has 5 rings (SSSR count). The van der Waals surface area contributed by atoms with Crippen LogP contribution in [0, 0.1) is 6.92 Å². The summed E-state index contributed by atoms with van der Waals surface area (Å²) in [6, 6.07) is 7.70. The molecular weight excluding hydrogens is 406 g/mol. The van der Waals surface area contributed by atoms with Gasteiger partial charge in [-0.3, -0.25) is 4.90 Å². The summed E-state index contributed by atoms with van der Waals surface area (Å²) >= 11 is 0. The van der Waals surface area contributed by atoms with Crippen molar-refractivity contribution in [2.45, 2.75) is 32.9 Å². The first kappa shape index (κ1) is 19.4. The molecule has 8 heteroatoms. The van der Waals surface area contributed by atoms with Crippen molar-refractivity contribution in [3.8, 4) is 5.75 Å². The van der Waals surface area contributed by atoms with Crippen LogP contribution >= 0.6 is 0 Å². The highest BCUT2D eigenvalue weighted by Gasteiger charge is 2.37. The number of carbonyl (C=O) groups excluding carboxylic acids is 1. The Bertz CT molecular complexity index is 1280. The fourth-order valence-corrected chi connectivity index (χ4v) is 6.40. The number of aryl methyl sites for hydroxylation is 1. The van der Waals surface area contributed by atoms with Gasteiger partial charge in [-0.2, -0.15) is 0 Å². The van der Waals surface area contributed by atoms with E-state index < -0.39 is 15.8 Å². The first-order valence-electron chi connectivity index (χ1n) is 10.1.